The summed E-state index contributed by atoms with van der Waals surface area (Å²) < 4.78 is 5.23. The Labute approximate surface area is 187 Å². The minimum atomic E-state index is -0.930. The topological polar surface area (TPSA) is 95.9 Å². The van der Waals surface area contributed by atoms with Gasteiger partial charge in [0.05, 0.1) is 18.6 Å². The number of carbonyl (C=O) groups is 3. The van der Waals surface area contributed by atoms with E-state index in [1.54, 1.807) is 18.7 Å². The van der Waals surface area contributed by atoms with E-state index in [2.05, 4.69) is 5.32 Å². The van der Waals surface area contributed by atoms with Gasteiger partial charge in [-0.3, -0.25) is 9.59 Å². The van der Waals surface area contributed by atoms with E-state index in [0.717, 1.165) is 23.5 Å². The molecule has 1 aromatic rings. The molecule has 2 aliphatic heterocycles. The monoisotopic (exact) mass is 448 g/mol. The number of aliphatic carboxylic acids is 1. The molecule has 0 saturated carbocycles. The van der Waals surface area contributed by atoms with Gasteiger partial charge < -0.3 is 20.1 Å². The van der Waals surface area contributed by atoms with Crippen LogP contribution in [-0.2, 0) is 19.1 Å². The molecule has 0 radical (unpaired) electrons. The van der Waals surface area contributed by atoms with Gasteiger partial charge in [0.1, 0.15) is 6.04 Å². The van der Waals surface area contributed by atoms with Crippen LogP contribution in [0.3, 0.4) is 0 Å². The van der Waals surface area contributed by atoms with Crippen molar-refractivity contribution in [3.8, 4) is 0 Å². The average molecular weight is 449 g/mol. The summed E-state index contributed by atoms with van der Waals surface area (Å²) in [5.41, 5.74) is 0.818. The van der Waals surface area contributed by atoms with Crippen molar-refractivity contribution in [2.45, 2.75) is 51.1 Å². The molecule has 2 heterocycles. The van der Waals surface area contributed by atoms with Gasteiger partial charge >= 0.3 is 11.9 Å². The van der Waals surface area contributed by atoms with E-state index in [4.69, 9.17) is 4.74 Å². The van der Waals surface area contributed by atoms with Gasteiger partial charge in [0.2, 0.25) is 5.91 Å². The van der Waals surface area contributed by atoms with Crippen LogP contribution in [0.2, 0.25) is 0 Å². The van der Waals surface area contributed by atoms with Gasteiger partial charge in [-0.2, -0.15) is 11.8 Å². The van der Waals surface area contributed by atoms with Crippen LogP contribution in [-0.4, -0.2) is 71.1 Å². The summed E-state index contributed by atoms with van der Waals surface area (Å²) >= 11 is 1.84. The van der Waals surface area contributed by atoms with Crippen molar-refractivity contribution in [1.29, 1.82) is 0 Å². The molecule has 3 unspecified atom stereocenters. The standard InChI is InChI=1S/C23H32N2O5S/c1-3-30-22(29)18(17-7-5-4-6-8-17)9-11-24-16(2)20(26)25-14-23(10-12-31-15-23)13-19(25)21(27)28/h4-8,16,18-19,24H,3,9-15H2,1-2H3,(H,27,28)/t16-,18?,19?,23?/m0/s1. The fourth-order valence-corrected chi connectivity index (χ4v) is 6.08. The second-order valence-corrected chi connectivity index (χ2v) is 9.61. The SMILES string of the molecule is CCOC(=O)C(CCN[C@@H](C)C(=O)N1CC2(CCSC2)CC1C(=O)O)c1ccccc1. The molecule has 2 fully saturated rings. The minimum absolute atomic E-state index is 0.0641. The number of carboxylic acid groups (broad SMARTS) is 1. The molecule has 170 valence electrons. The zero-order chi connectivity index (χ0) is 22.4. The smallest absolute Gasteiger partial charge is 0.326 e. The number of ether oxygens (including phenoxy) is 1. The number of hydrogen-bond donors (Lipinski definition) is 2. The number of amides is 1. The lowest BCUT2D eigenvalue weighted by Gasteiger charge is -2.27. The van der Waals surface area contributed by atoms with E-state index in [0.29, 0.717) is 32.5 Å². The number of carboxylic acids is 1. The predicted molar refractivity (Wildman–Crippen MR) is 120 cm³/mol. The summed E-state index contributed by atoms with van der Waals surface area (Å²) in [6.07, 6.45) is 1.99. The van der Waals surface area contributed by atoms with Gasteiger partial charge in [-0.1, -0.05) is 30.3 Å². The Kier molecular flexibility index (Phi) is 8.00. The highest BCUT2D eigenvalue weighted by atomic mass is 32.2. The lowest BCUT2D eigenvalue weighted by Crippen LogP contribution is -2.49. The van der Waals surface area contributed by atoms with Crippen molar-refractivity contribution in [2.24, 2.45) is 5.41 Å². The molecule has 0 aliphatic carbocycles. The Morgan fingerprint density at radius 2 is 2.06 bits per heavy atom. The lowest BCUT2D eigenvalue weighted by molar-refractivity contribution is -0.149. The molecule has 8 heteroatoms. The van der Waals surface area contributed by atoms with E-state index in [-0.39, 0.29) is 17.3 Å². The van der Waals surface area contributed by atoms with Gasteiger partial charge in [0.25, 0.3) is 0 Å². The number of nitrogens with one attached hydrogen (secondary N) is 1. The fourth-order valence-electron chi connectivity index (χ4n) is 4.57. The van der Waals surface area contributed by atoms with Crippen LogP contribution in [0.5, 0.6) is 0 Å². The van der Waals surface area contributed by atoms with Gasteiger partial charge in [0.15, 0.2) is 0 Å². The third-order valence-corrected chi connectivity index (χ3v) is 7.60. The number of hydrogen-bond acceptors (Lipinski definition) is 6. The summed E-state index contributed by atoms with van der Waals surface area (Å²) in [4.78, 5) is 38.9. The number of thioether (sulfide) groups is 1. The maximum atomic E-state index is 13.1. The number of carbonyl (C=O) groups excluding carboxylic acids is 2. The second-order valence-electron chi connectivity index (χ2n) is 8.51. The molecule has 1 amide bonds. The molecule has 2 aliphatic rings. The third-order valence-electron chi connectivity index (χ3n) is 6.29. The third kappa shape index (κ3) is 5.60. The first-order valence-electron chi connectivity index (χ1n) is 10.9. The number of esters is 1. The molecule has 2 saturated heterocycles. The molecule has 0 aromatic heterocycles. The zero-order valence-corrected chi connectivity index (χ0v) is 19.0. The molecule has 3 rings (SSSR count). The summed E-state index contributed by atoms with van der Waals surface area (Å²) in [6.45, 7) is 4.81. The minimum Gasteiger partial charge on any atom is -0.480 e. The molecule has 1 aromatic carbocycles. The van der Waals surface area contributed by atoms with Crippen molar-refractivity contribution >= 4 is 29.6 Å². The Bertz CT molecular complexity index is 781. The largest absolute Gasteiger partial charge is 0.480 e. The van der Waals surface area contributed by atoms with Crippen LogP contribution in [0.4, 0.5) is 0 Å². The van der Waals surface area contributed by atoms with E-state index in [9.17, 15) is 19.5 Å². The maximum absolute atomic E-state index is 13.1. The van der Waals surface area contributed by atoms with Crippen LogP contribution in [0, 0.1) is 5.41 Å². The number of likely N-dealkylation sites (tertiary alicyclic amines) is 1. The summed E-state index contributed by atoms with van der Waals surface area (Å²) in [7, 11) is 0. The average Bonchev–Trinajstić information content (AvgIpc) is 3.38. The van der Waals surface area contributed by atoms with Crippen LogP contribution in [0.25, 0.3) is 0 Å². The quantitative estimate of drug-likeness (QED) is 0.561. The van der Waals surface area contributed by atoms with Crippen LogP contribution >= 0.6 is 11.8 Å². The first kappa shape index (κ1) is 23.6. The highest BCUT2D eigenvalue weighted by molar-refractivity contribution is 7.99. The summed E-state index contributed by atoms with van der Waals surface area (Å²) in [5.74, 6) is 0.140. The number of rotatable bonds is 9. The van der Waals surface area contributed by atoms with Crippen molar-refractivity contribution in [1.82, 2.24) is 10.2 Å². The molecular formula is C23H32N2O5S. The van der Waals surface area contributed by atoms with Crippen molar-refractivity contribution in [3.05, 3.63) is 35.9 Å². The van der Waals surface area contributed by atoms with Crippen molar-refractivity contribution < 1.29 is 24.2 Å². The highest BCUT2D eigenvalue weighted by Crippen LogP contribution is 2.46. The normalized spacial score (nSPS) is 24.8. The van der Waals surface area contributed by atoms with Gasteiger partial charge in [-0.15, -0.1) is 0 Å². The molecule has 1 spiro atoms. The second kappa shape index (κ2) is 10.5. The Hall–Kier alpha value is -2.06. The molecule has 2 N–H and O–H groups in total. The Balaban J connectivity index is 1.59. The highest BCUT2D eigenvalue weighted by Gasteiger charge is 2.50. The van der Waals surface area contributed by atoms with Crippen LogP contribution in [0.15, 0.2) is 30.3 Å². The van der Waals surface area contributed by atoms with Crippen molar-refractivity contribution in [2.75, 3.05) is 31.2 Å². The molecule has 4 atom stereocenters. The maximum Gasteiger partial charge on any atom is 0.326 e. The molecule has 31 heavy (non-hydrogen) atoms. The number of benzene rings is 1. The summed E-state index contributed by atoms with van der Waals surface area (Å²) in [6, 6.07) is 8.19. The fraction of sp³-hybridized carbons (Fsp3) is 0.609. The zero-order valence-electron chi connectivity index (χ0n) is 18.2. The van der Waals surface area contributed by atoms with Gasteiger partial charge in [-0.05, 0) is 51.0 Å². The molecular weight excluding hydrogens is 416 g/mol. The molecule has 7 nitrogen and oxygen atoms in total. The van der Waals surface area contributed by atoms with Crippen LogP contribution < -0.4 is 5.32 Å². The lowest BCUT2D eigenvalue weighted by atomic mass is 9.85. The van der Waals surface area contributed by atoms with E-state index >= 15 is 0 Å². The van der Waals surface area contributed by atoms with E-state index < -0.39 is 24.0 Å². The summed E-state index contributed by atoms with van der Waals surface area (Å²) in [5, 5.41) is 12.9. The van der Waals surface area contributed by atoms with Gasteiger partial charge in [-0.25, -0.2) is 4.79 Å². The van der Waals surface area contributed by atoms with Crippen molar-refractivity contribution in [3.63, 3.8) is 0 Å². The predicted octanol–water partition coefficient (Wildman–Crippen LogP) is 2.51. The first-order valence-corrected chi connectivity index (χ1v) is 12.1. The Morgan fingerprint density at radius 3 is 2.68 bits per heavy atom. The number of nitrogens with zero attached hydrogens (tertiary/aromatic N) is 1. The first-order chi connectivity index (χ1) is 14.9. The van der Waals surface area contributed by atoms with Gasteiger partial charge in [0, 0.05) is 17.7 Å². The van der Waals surface area contributed by atoms with Crippen LogP contribution in [0.1, 0.15) is 44.6 Å². The molecule has 0 bridgehead atoms. The van der Waals surface area contributed by atoms with E-state index in [1.165, 1.54) is 0 Å². The Morgan fingerprint density at radius 1 is 1.32 bits per heavy atom. The van der Waals surface area contributed by atoms with E-state index in [1.807, 2.05) is 42.1 Å².